The molecule has 108 valence electrons. The summed E-state index contributed by atoms with van der Waals surface area (Å²) in [4.78, 5) is 39.9. The highest BCUT2D eigenvalue weighted by Gasteiger charge is 2.16. The predicted molar refractivity (Wildman–Crippen MR) is 78.6 cm³/mol. The maximum Gasteiger partial charge on any atom is 0.326 e. The maximum absolute atomic E-state index is 12.6. The van der Waals surface area contributed by atoms with Gasteiger partial charge in [-0.15, -0.1) is 0 Å². The van der Waals surface area contributed by atoms with Gasteiger partial charge in [0.05, 0.1) is 16.6 Å². The summed E-state index contributed by atoms with van der Waals surface area (Å²) < 4.78 is 5.37. The molecule has 3 aromatic rings. The summed E-state index contributed by atoms with van der Waals surface area (Å²) in [5.41, 5.74) is -1.39. The number of fused-ring (bicyclic) bond motifs is 1. The minimum Gasteiger partial charge on any atom is -0.463 e. The van der Waals surface area contributed by atoms with Crippen molar-refractivity contribution in [2.75, 3.05) is 0 Å². The lowest BCUT2D eigenvalue weighted by Crippen LogP contribution is -2.26. The Bertz CT molecular complexity index is 1110. The normalized spacial score (nSPS) is 10.5. The summed E-state index contributed by atoms with van der Waals surface area (Å²) in [6, 6.07) is 6.77. The van der Waals surface area contributed by atoms with Crippen LogP contribution >= 0.6 is 0 Å². The first-order valence-electron chi connectivity index (χ1n) is 6.30. The van der Waals surface area contributed by atoms with Crippen LogP contribution in [0.25, 0.3) is 22.2 Å². The van der Waals surface area contributed by atoms with Crippen LogP contribution in [-0.4, -0.2) is 9.97 Å². The van der Waals surface area contributed by atoms with Crippen LogP contribution in [0.5, 0.6) is 0 Å². The molecule has 1 aromatic carbocycles. The van der Waals surface area contributed by atoms with Gasteiger partial charge < -0.3 is 9.40 Å². The van der Waals surface area contributed by atoms with Crippen molar-refractivity contribution in [3.63, 3.8) is 0 Å². The van der Waals surface area contributed by atoms with E-state index in [1.54, 1.807) is 24.3 Å². The van der Waals surface area contributed by atoms with Crippen molar-refractivity contribution in [2.24, 2.45) is 0 Å². The van der Waals surface area contributed by atoms with Gasteiger partial charge in [0.25, 0.3) is 5.56 Å². The number of rotatable bonds is 1. The zero-order valence-electron chi connectivity index (χ0n) is 11.4. The fraction of sp³-hybridized carbons (Fsp3) is 0.0667. The molecule has 0 bridgehead atoms. The number of H-pyrrole nitrogens is 2. The molecule has 0 unspecified atom stereocenters. The Morgan fingerprint density at radius 3 is 2.68 bits per heavy atom. The SMILES string of the molecule is Cc1ccc2occ(-c3[nH]c(=O)[nH]c(=O)c3C#N)c(=O)c2c1. The second-order valence-corrected chi connectivity index (χ2v) is 4.75. The van der Waals surface area contributed by atoms with E-state index in [9.17, 15) is 14.4 Å². The fourth-order valence-corrected chi connectivity index (χ4v) is 2.21. The molecule has 0 aliphatic rings. The second-order valence-electron chi connectivity index (χ2n) is 4.75. The van der Waals surface area contributed by atoms with Gasteiger partial charge >= 0.3 is 5.69 Å². The first kappa shape index (κ1) is 13.6. The predicted octanol–water partition coefficient (Wildman–Crippen LogP) is 1.02. The Morgan fingerprint density at radius 1 is 1.18 bits per heavy atom. The third-order valence-corrected chi connectivity index (χ3v) is 3.25. The smallest absolute Gasteiger partial charge is 0.326 e. The topological polar surface area (TPSA) is 120 Å². The number of benzene rings is 1. The number of hydrogen-bond acceptors (Lipinski definition) is 5. The molecule has 2 heterocycles. The lowest BCUT2D eigenvalue weighted by Gasteiger charge is -2.04. The molecule has 0 fully saturated rings. The molecule has 0 aliphatic carbocycles. The van der Waals surface area contributed by atoms with E-state index < -0.39 is 16.7 Å². The van der Waals surface area contributed by atoms with E-state index in [0.717, 1.165) is 11.8 Å². The Balaban J connectivity index is 2.45. The molecule has 7 heteroatoms. The van der Waals surface area contributed by atoms with E-state index in [-0.39, 0.29) is 16.8 Å². The van der Waals surface area contributed by atoms with Crippen LogP contribution in [0.15, 0.2) is 43.3 Å². The van der Waals surface area contributed by atoms with Crippen molar-refractivity contribution >= 4 is 11.0 Å². The number of aromatic amines is 2. The molecule has 0 spiro atoms. The fourth-order valence-electron chi connectivity index (χ4n) is 2.21. The van der Waals surface area contributed by atoms with Gasteiger partial charge in [-0.05, 0) is 19.1 Å². The van der Waals surface area contributed by atoms with Crippen molar-refractivity contribution in [2.45, 2.75) is 6.92 Å². The summed E-state index contributed by atoms with van der Waals surface area (Å²) in [6.45, 7) is 1.82. The molecule has 0 saturated heterocycles. The number of aromatic nitrogens is 2. The van der Waals surface area contributed by atoms with Crippen LogP contribution in [0.4, 0.5) is 0 Å². The van der Waals surface area contributed by atoms with Gasteiger partial charge in [0.2, 0.25) is 5.43 Å². The molecule has 0 atom stereocenters. The average molecular weight is 295 g/mol. The minimum atomic E-state index is -0.856. The molecule has 0 amide bonds. The third kappa shape index (κ3) is 2.03. The molecule has 2 N–H and O–H groups in total. The Kier molecular flexibility index (Phi) is 3.00. The number of nitriles is 1. The minimum absolute atomic E-state index is 0.0437. The maximum atomic E-state index is 12.6. The summed E-state index contributed by atoms with van der Waals surface area (Å²) >= 11 is 0. The first-order chi connectivity index (χ1) is 10.5. The van der Waals surface area contributed by atoms with E-state index in [1.807, 2.05) is 11.9 Å². The molecule has 0 saturated carbocycles. The van der Waals surface area contributed by atoms with Crippen molar-refractivity contribution < 1.29 is 4.42 Å². The van der Waals surface area contributed by atoms with Gasteiger partial charge in [-0.3, -0.25) is 14.6 Å². The van der Waals surface area contributed by atoms with Crippen LogP contribution in [0, 0.1) is 18.3 Å². The lowest BCUT2D eigenvalue weighted by atomic mass is 10.1. The summed E-state index contributed by atoms with van der Waals surface area (Å²) in [7, 11) is 0. The van der Waals surface area contributed by atoms with E-state index in [0.29, 0.717) is 11.0 Å². The van der Waals surface area contributed by atoms with Crippen LogP contribution in [0.2, 0.25) is 0 Å². The zero-order valence-corrected chi connectivity index (χ0v) is 11.4. The number of hydrogen-bond donors (Lipinski definition) is 2. The molecule has 0 aliphatic heterocycles. The van der Waals surface area contributed by atoms with Crippen LogP contribution in [0.1, 0.15) is 11.1 Å². The Morgan fingerprint density at radius 2 is 1.95 bits per heavy atom. The second kappa shape index (κ2) is 4.86. The summed E-state index contributed by atoms with van der Waals surface area (Å²) in [5, 5.41) is 9.38. The van der Waals surface area contributed by atoms with Gasteiger partial charge in [0, 0.05) is 0 Å². The number of nitrogens with zero attached hydrogens (tertiary/aromatic N) is 1. The molecule has 2 aromatic heterocycles. The summed E-state index contributed by atoms with van der Waals surface area (Å²) in [5.74, 6) is 0. The van der Waals surface area contributed by atoms with E-state index in [2.05, 4.69) is 4.98 Å². The highest BCUT2D eigenvalue weighted by molar-refractivity contribution is 5.82. The van der Waals surface area contributed by atoms with Crippen LogP contribution in [0.3, 0.4) is 0 Å². The van der Waals surface area contributed by atoms with Gasteiger partial charge in [-0.25, -0.2) is 4.79 Å². The van der Waals surface area contributed by atoms with Gasteiger partial charge in [0.15, 0.2) is 0 Å². The van der Waals surface area contributed by atoms with Gasteiger partial charge in [-0.1, -0.05) is 11.6 Å². The van der Waals surface area contributed by atoms with Crippen LogP contribution in [-0.2, 0) is 0 Å². The van der Waals surface area contributed by atoms with Crippen molar-refractivity contribution in [1.29, 1.82) is 5.26 Å². The quantitative estimate of drug-likeness (QED) is 0.694. The van der Waals surface area contributed by atoms with E-state index in [4.69, 9.17) is 9.68 Å². The van der Waals surface area contributed by atoms with Crippen molar-refractivity contribution in [3.05, 3.63) is 66.7 Å². The largest absolute Gasteiger partial charge is 0.463 e. The Hall–Kier alpha value is -3.40. The molecule has 0 radical (unpaired) electrons. The van der Waals surface area contributed by atoms with Gasteiger partial charge in [-0.2, -0.15) is 5.26 Å². The van der Waals surface area contributed by atoms with E-state index >= 15 is 0 Å². The standard InChI is InChI=1S/C15H9N3O4/c1-7-2-3-11-8(4-7)13(19)10(6-22-11)12-9(5-16)14(20)18-15(21)17-12/h2-4,6H,1H3,(H2,17,18,20,21). The monoisotopic (exact) mass is 295 g/mol. The number of aryl methyl sites for hydroxylation is 1. The molecule has 22 heavy (non-hydrogen) atoms. The van der Waals surface area contributed by atoms with Gasteiger partial charge in [0.1, 0.15) is 23.5 Å². The van der Waals surface area contributed by atoms with Crippen molar-refractivity contribution in [1.82, 2.24) is 9.97 Å². The summed E-state index contributed by atoms with van der Waals surface area (Å²) in [6.07, 6.45) is 1.13. The van der Waals surface area contributed by atoms with Crippen molar-refractivity contribution in [3.8, 4) is 17.3 Å². The molecular formula is C15H9N3O4. The first-order valence-corrected chi connectivity index (χ1v) is 6.30. The molecule has 7 nitrogen and oxygen atoms in total. The number of nitrogens with one attached hydrogen (secondary N) is 2. The zero-order chi connectivity index (χ0) is 15.9. The lowest BCUT2D eigenvalue weighted by molar-refractivity contribution is 0.604. The van der Waals surface area contributed by atoms with E-state index in [1.165, 1.54) is 0 Å². The average Bonchev–Trinajstić information content (AvgIpc) is 2.47. The third-order valence-electron chi connectivity index (χ3n) is 3.25. The Labute approximate surface area is 122 Å². The molecular weight excluding hydrogens is 286 g/mol. The molecule has 3 rings (SSSR count). The van der Waals surface area contributed by atoms with Crippen LogP contribution < -0.4 is 16.7 Å². The highest BCUT2D eigenvalue weighted by atomic mass is 16.3. The highest BCUT2D eigenvalue weighted by Crippen LogP contribution is 2.19.